The zero-order chi connectivity index (χ0) is 14.8. The van der Waals surface area contributed by atoms with E-state index in [0.717, 1.165) is 31.4 Å². The lowest BCUT2D eigenvalue weighted by Crippen LogP contribution is -2.38. The molecule has 1 aromatic heterocycles. The molecule has 2 fully saturated rings. The number of rotatable bonds is 3. The van der Waals surface area contributed by atoms with Gasteiger partial charge >= 0.3 is 5.97 Å². The topological polar surface area (TPSA) is 70.5 Å². The molecule has 0 aromatic carbocycles. The molecule has 5 nitrogen and oxygen atoms in total. The van der Waals surface area contributed by atoms with Crippen molar-refractivity contribution in [2.45, 2.75) is 38.1 Å². The van der Waals surface area contributed by atoms with E-state index in [0.29, 0.717) is 12.8 Å². The van der Waals surface area contributed by atoms with Crippen LogP contribution in [0.25, 0.3) is 0 Å². The van der Waals surface area contributed by atoms with Crippen LogP contribution < -0.4 is 0 Å². The van der Waals surface area contributed by atoms with E-state index in [9.17, 15) is 14.7 Å². The van der Waals surface area contributed by atoms with E-state index in [1.54, 1.807) is 12.4 Å². The molecule has 0 bridgehead atoms. The van der Waals surface area contributed by atoms with Crippen LogP contribution >= 0.6 is 0 Å². The number of carboxylic acid groups (broad SMARTS) is 1. The van der Waals surface area contributed by atoms with E-state index < -0.39 is 11.9 Å². The molecule has 21 heavy (non-hydrogen) atoms. The number of likely N-dealkylation sites (tertiary alicyclic amines) is 1. The third-order valence-electron chi connectivity index (χ3n) is 4.78. The molecule has 0 spiro atoms. The molecule has 112 valence electrons. The van der Waals surface area contributed by atoms with E-state index in [4.69, 9.17) is 0 Å². The van der Waals surface area contributed by atoms with Gasteiger partial charge in [0.2, 0.25) is 5.91 Å². The number of carboxylic acids is 1. The van der Waals surface area contributed by atoms with Crippen molar-refractivity contribution in [3.05, 3.63) is 30.1 Å². The van der Waals surface area contributed by atoms with E-state index in [2.05, 4.69) is 4.98 Å². The summed E-state index contributed by atoms with van der Waals surface area (Å²) in [5.41, 5.74) is 1.10. The first-order valence-electron chi connectivity index (χ1n) is 7.61. The summed E-state index contributed by atoms with van der Waals surface area (Å²) >= 11 is 0. The largest absolute Gasteiger partial charge is 0.481 e. The Balaban J connectivity index is 1.79. The monoisotopic (exact) mass is 288 g/mol. The van der Waals surface area contributed by atoms with Gasteiger partial charge in [0.15, 0.2) is 0 Å². The Bertz CT molecular complexity index is 532. The van der Waals surface area contributed by atoms with Gasteiger partial charge in [-0.2, -0.15) is 0 Å². The van der Waals surface area contributed by atoms with E-state index >= 15 is 0 Å². The highest BCUT2D eigenvalue weighted by Gasteiger charge is 2.42. The summed E-state index contributed by atoms with van der Waals surface area (Å²) in [6, 6.07) is 3.97. The van der Waals surface area contributed by atoms with Crippen molar-refractivity contribution in [1.82, 2.24) is 9.88 Å². The van der Waals surface area contributed by atoms with E-state index in [-0.39, 0.29) is 17.9 Å². The molecule has 1 unspecified atom stereocenters. The summed E-state index contributed by atoms with van der Waals surface area (Å²) in [6.45, 7) is 0.731. The lowest BCUT2D eigenvalue weighted by Gasteiger charge is -2.29. The van der Waals surface area contributed by atoms with Crippen LogP contribution in [0.1, 0.15) is 43.7 Å². The van der Waals surface area contributed by atoms with Gasteiger partial charge in [-0.15, -0.1) is 0 Å². The molecule has 3 rings (SSSR count). The molecule has 1 aliphatic heterocycles. The Hall–Kier alpha value is -1.91. The molecule has 1 N–H and O–H groups in total. The van der Waals surface area contributed by atoms with Crippen molar-refractivity contribution < 1.29 is 14.7 Å². The van der Waals surface area contributed by atoms with Gasteiger partial charge in [0.25, 0.3) is 0 Å². The van der Waals surface area contributed by atoms with Gasteiger partial charge < -0.3 is 10.0 Å². The predicted molar refractivity (Wildman–Crippen MR) is 76.4 cm³/mol. The smallest absolute Gasteiger partial charge is 0.307 e. The van der Waals surface area contributed by atoms with Crippen molar-refractivity contribution >= 4 is 11.9 Å². The number of aromatic nitrogens is 1. The highest BCUT2D eigenvalue weighted by molar-refractivity contribution is 5.85. The Morgan fingerprint density at radius 1 is 1.10 bits per heavy atom. The minimum absolute atomic E-state index is 0.0270. The standard InChI is InChI=1S/C16H20N2O3/c19-15(12-3-1-4-13(12)16(20)21)18-10-2-5-14(18)11-6-8-17-9-7-11/h6-9,12-14H,1-5,10H2,(H,20,21)/t12-,13+,14?/m1/s1. The fraction of sp³-hybridized carbons (Fsp3) is 0.562. The Morgan fingerprint density at radius 3 is 2.52 bits per heavy atom. The number of carbonyl (C=O) groups is 2. The lowest BCUT2D eigenvalue weighted by molar-refractivity contribution is -0.149. The average Bonchev–Trinajstić information content (AvgIpc) is 3.16. The van der Waals surface area contributed by atoms with Crippen LogP contribution in [0.3, 0.4) is 0 Å². The van der Waals surface area contributed by atoms with Crippen molar-refractivity contribution in [2.75, 3.05) is 6.54 Å². The number of carbonyl (C=O) groups excluding carboxylic acids is 1. The molecule has 0 radical (unpaired) electrons. The maximum Gasteiger partial charge on any atom is 0.307 e. The summed E-state index contributed by atoms with van der Waals surface area (Å²) in [6.07, 6.45) is 7.57. The van der Waals surface area contributed by atoms with Crippen LogP contribution in [0.15, 0.2) is 24.5 Å². The van der Waals surface area contributed by atoms with Gasteiger partial charge in [-0.25, -0.2) is 0 Å². The van der Waals surface area contributed by atoms with Crippen molar-refractivity contribution in [1.29, 1.82) is 0 Å². The average molecular weight is 288 g/mol. The molecule has 3 atom stereocenters. The number of hydrogen-bond acceptors (Lipinski definition) is 3. The van der Waals surface area contributed by atoms with Gasteiger partial charge in [-0.1, -0.05) is 6.42 Å². The maximum atomic E-state index is 12.8. The minimum Gasteiger partial charge on any atom is -0.481 e. The van der Waals surface area contributed by atoms with Crippen LogP contribution in [0.5, 0.6) is 0 Å². The Kier molecular flexibility index (Phi) is 3.90. The first-order valence-corrected chi connectivity index (χ1v) is 7.61. The van der Waals surface area contributed by atoms with Gasteiger partial charge in [0.1, 0.15) is 0 Å². The summed E-state index contributed by atoms with van der Waals surface area (Å²) in [5, 5.41) is 9.28. The third-order valence-corrected chi connectivity index (χ3v) is 4.78. The number of amides is 1. The van der Waals surface area contributed by atoms with Gasteiger partial charge in [0.05, 0.1) is 17.9 Å². The number of pyridine rings is 1. The quantitative estimate of drug-likeness (QED) is 0.926. The van der Waals surface area contributed by atoms with Crippen LogP contribution in [-0.2, 0) is 9.59 Å². The second kappa shape index (κ2) is 5.84. The number of nitrogens with zero attached hydrogens (tertiary/aromatic N) is 2. The van der Waals surface area contributed by atoms with Gasteiger partial charge in [-0.3, -0.25) is 14.6 Å². The summed E-state index contributed by atoms with van der Waals surface area (Å²) in [7, 11) is 0. The third kappa shape index (κ3) is 2.64. The van der Waals surface area contributed by atoms with E-state index in [1.165, 1.54) is 0 Å². The molecule has 1 aliphatic carbocycles. The highest BCUT2D eigenvalue weighted by atomic mass is 16.4. The zero-order valence-electron chi connectivity index (χ0n) is 11.9. The first-order chi connectivity index (χ1) is 10.2. The zero-order valence-corrected chi connectivity index (χ0v) is 11.9. The fourth-order valence-electron chi connectivity index (χ4n) is 3.73. The molecule has 1 amide bonds. The van der Waals surface area contributed by atoms with Gasteiger partial charge in [0, 0.05) is 18.9 Å². The Labute approximate surface area is 124 Å². The van der Waals surface area contributed by atoms with Crippen molar-refractivity contribution in [3.8, 4) is 0 Å². The van der Waals surface area contributed by atoms with Crippen molar-refractivity contribution in [3.63, 3.8) is 0 Å². The molecule has 1 saturated heterocycles. The summed E-state index contributed by atoms with van der Waals surface area (Å²) < 4.78 is 0. The number of aliphatic carboxylic acids is 1. The molecule has 1 aromatic rings. The minimum atomic E-state index is -0.828. The number of hydrogen-bond donors (Lipinski definition) is 1. The summed E-state index contributed by atoms with van der Waals surface area (Å²) in [5.74, 6) is -1.65. The van der Waals surface area contributed by atoms with E-state index in [1.807, 2.05) is 17.0 Å². The normalized spacial score (nSPS) is 28.8. The predicted octanol–water partition coefficient (Wildman–Crippen LogP) is 2.25. The molecule has 5 heteroatoms. The summed E-state index contributed by atoms with van der Waals surface area (Å²) in [4.78, 5) is 30.0. The first kappa shape index (κ1) is 14.0. The van der Waals surface area contributed by atoms with Crippen LogP contribution in [0.4, 0.5) is 0 Å². The molecule has 1 saturated carbocycles. The van der Waals surface area contributed by atoms with Crippen molar-refractivity contribution in [2.24, 2.45) is 11.8 Å². The maximum absolute atomic E-state index is 12.8. The van der Waals surface area contributed by atoms with Gasteiger partial charge in [-0.05, 0) is 43.4 Å². The van der Waals surface area contributed by atoms with Crippen LogP contribution in [0, 0.1) is 11.8 Å². The molecule has 2 heterocycles. The second-order valence-electron chi connectivity index (χ2n) is 5.95. The fourth-order valence-corrected chi connectivity index (χ4v) is 3.73. The SMILES string of the molecule is O=C(O)[C@H]1CCC[C@H]1C(=O)N1CCCC1c1ccncc1. The lowest BCUT2D eigenvalue weighted by atomic mass is 9.94. The molecular weight excluding hydrogens is 268 g/mol. The van der Waals surface area contributed by atoms with Crippen LogP contribution in [-0.4, -0.2) is 33.4 Å². The molecule has 2 aliphatic rings. The second-order valence-corrected chi connectivity index (χ2v) is 5.95. The highest BCUT2D eigenvalue weighted by Crippen LogP contribution is 2.38. The Morgan fingerprint density at radius 2 is 1.81 bits per heavy atom. The molecular formula is C16H20N2O3. The van der Waals surface area contributed by atoms with Crippen LogP contribution in [0.2, 0.25) is 0 Å².